The van der Waals surface area contributed by atoms with Crippen LogP contribution in [0, 0.1) is 26.8 Å². The second kappa shape index (κ2) is 8.27. The molecule has 0 amide bonds. The van der Waals surface area contributed by atoms with Crippen LogP contribution in [0.15, 0.2) is 70.5 Å². The van der Waals surface area contributed by atoms with Gasteiger partial charge in [-0.25, -0.2) is 0 Å². The van der Waals surface area contributed by atoms with Crippen molar-refractivity contribution in [2.24, 2.45) is 0 Å². The predicted octanol–water partition coefficient (Wildman–Crippen LogP) is 7.68. The van der Waals surface area contributed by atoms with Crippen LogP contribution in [-0.2, 0) is 0 Å². The smallest absolute Gasteiger partial charge is 0.406 e. The first kappa shape index (κ1) is 21.2. The Morgan fingerprint density at radius 3 is 2.10 bits per heavy atom. The zero-order valence-electron chi connectivity index (χ0n) is 17.2. The molecule has 1 aromatic heterocycles. The predicted molar refractivity (Wildman–Crippen MR) is 117 cm³/mol. The van der Waals surface area contributed by atoms with E-state index in [1.165, 1.54) is 23.9 Å². The summed E-state index contributed by atoms with van der Waals surface area (Å²) in [5, 5.41) is 0.989. The van der Waals surface area contributed by atoms with E-state index in [0.717, 1.165) is 48.6 Å². The Bertz CT molecular complexity index is 1230. The molecule has 1 radical (unpaired) electrons. The summed E-state index contributed by atoms with van der Waals surface area (Å²) in [6.45, 7) is 6.07. The van der Waals surface area contributed by atoms with Gasteiger partial charge in [-0.1, -0.05) is 23.9 Å². The van der Waals surface area contributed by atoms with Crippen molar-refractivity contribution in [2.45, 2.75) is 36.9 Å². The Kier molecular flexibility index (Phi) is 5.67. The van der Waals surface area contributed by atoms with Gasteiger partial charge in [-0.3, -0.25) is 4.98 Å². The van der Waals surface area contributed by atoms with Crippen LogP contribution in [0.3, 0.4) is 0 Å². The van der Waals surface area contributed by atoms with Crippen LogP contribution in [-0.4, -0.2) is 11.3 Å². The maximum absolute atomic E-state index is 12.3. The van der Waals surface area contributed by atoms with Gasteiger partial charge in [0.1, 0.15) is 5.75 Å². The summed E-state index contributed by atoms with van der Waals surface area (Å²) in [7, 11) is 0. The van der Waals surface area contributed by atoms with Crippen molar-refractivity contribution in [3.8, 4) is 16.9 Å². The number of nitrogens with zero attached hydrogens (tertiary/aromatic N) is 1. The number of hydrogen-bond donors (Lipinski definition) is 0. The van der Waals surface area contributed by atoms with Crippen molar-refractivity contribution >= 4 is 22.7 Å². The quantitative estimate of drug-likeness (QED) is 0.326. The molecule has 0 N–H and O–H groups in total. The highest BCUT2D eigenvalue weighted by Gasteiger charge is 2.30. The van der Waals surface area contributed by atoms with Gasteiger partial charge in [-0.15, -0.1) is 13.2 Å². The second-order valence-electron chi connectivity index (χ2n) is 7.28. The third-order valence-corrected chi connectivity index (χ3v) is 5.97. The molecule has 0 aliphatic heterocycles. The maximum atomic E-state index is 12.3. The molecule has 0 bridgehead atoms. The minimum absolute atomic E-state index is 0.226. The van der Waals surface area contributed by atoms with Gasteiger partial charge in [0, 0.05) is 20.9 Å². The third kappa shape index (κ3) is 5.02. The number of ether oxygens (including phenoxy) is 1. The van der Waals surface area contributed by atoms with Crippen molar-refractivity contribution in [2.75, 3.05) is 0 Å². The fraction of sp³-hybridized carbons (Fsp3) is 0.160. The average Bonchev–Trinajstić information content (AvgIpc) is 2.70. The molecule has 4 aromatic rings. The van der Waals surface area contributed by atoms with Gasteiger partial charge in [0.15, 0.2) is 0 Å². The molecule has 6 heteroatoms. The van der Waals surface area contributed by atoms with E-state index < -0.39 is 6.36 Å². The number of aryl methyl sites for hydroxylation is 3. The molecular formula is C25H19F3NOS. The normalized spacial score (nSPS) is 11.7. The number of pyridine rings is 1. The van der Waals surface area contributed by atoms with Crippen molar-refractivity contribution in [3.63, 3.8) is 0 Å². The van der Waals surface area contributed by atoms with Gasteiger partial charge in [0.05, 0.1) is 5.52 Å². The lowest BCUT2D eigenvalue weighted by Crippen LogP contribution is -2.16. The number of alkyl halides is 3. The Balaban J connectivity index is 1.54. The summed E-state index contributed by atoms with van der Waals surface area (Å²) in [5.74, 6) is -0.226. The summed E-state index contributed by atoms with van der Waals surface area (Å²) >= 11 is 1.48. The molecule has 157 valence electrons. The van der Waals surface area contributed by atoms with Gasteiger partial charge >= 0.3 is 6.36 Å². The van der Waals surface area contributed by atoms with E-state index in [9.17, 15) is 13.2 Å². The minimum Gasteiger partial charge on any atom is -0.406 e. The zero-order chi connectivity index (χ0) is 22.2. The number of aromatic nitrogens is 1. The molecule has 0 fully saturated rings. The number of hydrogen-bond acceptors (Lipinski definition) is 3. The minimum atomic E-state index is -4.68. The van der Waals surface area contributed by atoms with E-state index in [1.807, 2.05) is 38.1 Å². The van der Waals surface area contributed by atoms with Crippen LogP contribution in [0.25, 0.3) is 22.0 Å². The average molecular weight is 438 g/mol. The van der Waals surface area contributed by atoms with Crippen LogP contribution in [0.1, 0.15) is 16.8 Å². The Morgan fingerprint density at radius 1 is 0.871 bits per heavy atom. The molecule has 0 spiro atoms. The standard InChI is InChI=1S/C25H19F3NOS/c1-15-12-19-14-23(16(2)13-24(19)29-17(15)3)18-4-8-21(9-5-18)31-22-10-6-20(7-11-22)30-25(26,27)28/h4-11,13-14H,1-3H3. The first-order valence-corrected chi connectivity index (χ1v) is 10.4. The van der Waals surface area contributed by atoms with Crippen molar-refractivity contribution < 1.29 is 17.9 Å². The van der Waals surface area contributed by atoms with E-state index in [4.69, 9.17) is 0 Å². The largest absolute Gasteiger partial charge is 0.573 e. The second-order valence-corrected chi connectivity index (χ2v) is 8.42. The van der Waals surface area contributed by atoms with Crippen LogP contribution in [0.2, 0.25) is 0 Å². The SMILES string of the molecule is Cc1[c]c2cc(-c3ccc(Sc4ccc(OC(F)(F)F)cc4)cc3)c(C)cc2nc1C. The van der Waals surface area contributed by atoms with E-state index in [2.05, 4.69) is 34.8 Å². The Morgan fingerprint density at radius 2 is 1.48 bits per heavy atom. The van der Waals surface area contributed by atoms with Crippen LogP contribution >= 0.6 is 11.8 Å². The first-order valence-electron chi connectivity index (χ1n) is 9.63. The highest BCUT2D eigenvalue weighted by molar-refractivity contribution is 7.99. The van der Waals surface area contributed by atoms with Crippen LogP contribution in [0.4, 0.5) is 13.2 Å². The van der Waals surface area contributed by atoms with Gasteiger partial charge in [-0.2, -0.15) is 0 Å². The molecule has 4 rings (SSSR count). The topological polar surface area (TPSA) is 22.1 Å². The van der Waals surface area contributed by atoms with Gasteiger partial charge in [0.2, 0.25) is 0 Å². The molecule has 2 nitrogen and oxygen atoms in total. The van der Waals surface area contributed by atoms with Gasteiger partial charge in [-0.05, 0) is 97.6 Å². The van der Waals surface area contributed by atoms with Crippen LogP contribution in [0.5, 0.6) is 5.75 Å². The molecule has 3 aromatic carbocycles. The molecular weight excluding hydrogens is 419 g/mol. The molecule has 0 atom stereocenters. The highest BCUT2D eigenvalue weighted by atomic mass is 32.2. The number of halogens is 3. The lowest BCUT2D eigenvalue weighted by atomic mass is 9.97. The number of benzene rings is 3. The van der Waals surface area contributed by atoms with E-state index >= 15 is 0 Å². The molecule has 0 aliphatic rings. The fourth-order valence-electron chi connectivity index (χ4n) is 3.30. The highest BCUT2D eigenvalue weighted by Crippen LogP contribution is 2.33. The fourth-order valence-corrected chi connectivity index (χ4v) is 4.12. The summed E-state index contributed by atoms with van der Waals surface area (Å²) in [4.78, 5) is 6.47. The summed E-state index contributed by atoms with van der Waals surface area (Å²) in [5.41, 5.74) is 6.31. The Hall–Kier alpha value is -2.99. The summed E-state index contributed by atoms with van der Waals surface area (Å²) in [6.07, 6.45) is -4.68. The molecule has 0 aliphatic carbocycles. The number of rotatable bonds is 4. The van der Waals surface area contributed by atoms with Crippen molar-refractivity contribution in [3.05, 3.63) is 83.6 Å². The van der Waals surface area contributed by atoms with Gasteiger partial charge in [0.25, 0.3) is 0 Å². The van der Waals surface area contributed by atoms with Crippen molar-refractivity contribution in [1.29, 1.82) is 0 Å². The van der Waals surface area contributed by atoms with E-state index in [0.29, 0.717) is 0 Å². The summed E-state index contributed by atoms with van der Waals surface area (Å²) < 4.78 is 40.8. The maximum Gasteiger partial charge on any atom is 0.573 e. The summed E-state index contributed by atoms with van der Waals surface area (Å²) in [6, 6.07) is 21.6. The zero-order valence-corrected chi connectivity index (χ0v) is 18.0. The third-order valence-electron chi connectivity index (χ3n) is 4.95. The monoisotopic (exact) mass is 438 g/mol. The Labute approximate surface area is 183 Å². The van der Waals surface area contributed by atoms with E-state index in [1.54, 1.807) is 12.1 Å². The molecule has 0 saturated heterocycles. The molecule has 0 unspecified atom stereocenters. The number of fused-ring (bicyclic) bond motifs is 1. The first-order chi connectivity index (χ1) is 14.7. The lowest BCUT2D eigenvalue weighted by Gasteiger charge is -2.11. The molecule has 1 heterocycles. The molecule has 0 saturated carbocycles. The van der Waals surface area contributed by atoms with Crippen LogP contribution < -0.4 is 4.74 Å². The molecule has 31 heavy (non-hydrogen) atoms. The van der Waals surface area contributed by atoms with E-state index in [-0.39, 0.29) is 5.75 Å². The lowest BCUT2D eigenvalue weighted by molar-refractivity contribution is -0.274. The van der Waals surface area contributed by atoms with Crippen molar-refractivity contribution in [1.82, 2.24) is 4.98 Å². The van der Waals surface area contributed by atoms with Gasteiger partial charge < -0.3 is 4.74 Å².